The predicted molar refractivity (Wildman–Crippen MR) is 84.6 cm³/mol. The van der Waals surface area contributed by atoms with Crippen molar-refractivity contribution in [2.24, 2.45) is 0 Å². The summed E-state index contributed by atoms with van der Waals surface area (Å²) in [7, 11) is -1.29. The van der Waals surface area contributed by atoms with Crippen LogP contribution >= 0.6 is 23.4 Å². The summed E-state index contributed by atoms with van der Waals surface area (Å²) >= 11 is 7.97. The Morgan fingerprint density at radius 1 is 1.29 bits per heavy atom. The summed E-state index contributed by atoms with van der Waals surface area (Å²) in [6, 6.07) is 0. The lowest BCUT2D eigenvalue weighted by atomic mass is 9.94. The van der Waals surface area contributed by atoms with E-state index in [1.165, 1.54) is 11.1 Å². The molecule has 0 nitrogen and oxygen atoms in total. The van der Waals surface area contributed by atoms with Crippen LogP contribution in [0.3, 0.4) is 0 Å². The zero-order valence-corrected chi connectivity index (χ0v) is 14.2. The molecule has 1 rings (SSSR count). The third kappa shape index (κ3) is 4.73. The Kier molecular flexibility index (Phi) is 5.25. The molecule has 0 saturated heterocycles. The molecule has 0 aromatic rings. The highest BCUT2D eigenvalue weighted by Gasteiger charge is 2.32. The summed E-state index contributed by atoms with van der Waals surface area (Å²) in [6.07, 6.45) is 2.09. The van der Waals surface area contributed by atoms with Crippen molar-refractivity contribution in [3.63, 3.8) is 0 Å². The molecule has 1 aliphatic rings. The fraction of sp³-hybridized carbons (Fsp3) is 0.714. The van der Waals surface area contributed by atoms with Crippen molar-refractivity contribution < 1.29 is 0 Å². The van der Waals surface area contributed by atoms with E-state index in [2.05, 4.69) is 45.0 Å². The van der Waals surface area contributed by atoms with E-state index in [4.69, 9.17) is 11.6 Å². The molecule has 1 atom stereocenters. The smallest absolute Gasteiger partial charge is 0.129 e. The maximum absolute atomic E-state index is 5.97. The molecule has 0 radical (unpaired) electrons. The van der Waals surface area contributed by atoms with E-state index in [9.17, 15) is 0 Å². The number of allylic oxidation sites excluding steroid dienone is 1. The number of hydrogen-bond donors (Lipinski definition) is 0. The van der Waals surface area contributed by atoms with Gasteiger partial charge in [0.15, 0.2) is 0 Å². The van der Waals surface area contributed by atoms with Crippen molar-refractivity contribution in [3.05, 3.63) is 11.1 Å². The Hall–Kier alpha value is 0.157. The Morgan fingerprint density at radius 2 is 1.94 bits per heavy atom. The molecule has 17 heavy (non-hydrogen) atoms. The van der Waals surface area contributed by atoms with Crippen molar-refractivity contribution in [1.82, 2.24) is 0 Å². The van der Waals surface area contributed by atoms with Crippen LogP contribution in [0, 0.1) is 11.5 Å². The van der Waals surface area contributed by atoms with E-state index in [0.717, 1.165) is 18.6 Å². The highest BCUT2D eigenvalue weighted by molar-refractivity contribution is 8.01. The van der Waals surface area contributed by atoms with Gasteiger partial charge in [0.05, 0.1) is 4.75 Å². The maximum atomic E-state index is 5.97. The molecule has 0 aromatic heterocycles. The molecule has 0 aliphatic carbocycles. The van der Waals surface area contributed by atoms with E-state index >= 15 is 0 Å². The highest BCUT2D eigenvalue weighted by atomic mass is 35.5. The standard InChI is InChI=1S/C14H23ClSSi/c1-12-10-14(6-8-15,16-11-13(12)2)7-9-17(3,4)5/h6,8,10-11H2,1-5H3. The molecule has 1 aliphatic heterocycles. The quantitative estimate of drug-likeness (QED) is 0.307. The Bertz CT molecular complexity index is 370. The Morgan fingerprint density at radius 3 is 2.41 bits per heavy atom. The minimum absolute atomic E-state index is 0.0889. The van der Waals surface area contributed by atoms with Crippen LogP contribution in [0.5, 0.6) is 0 Å². The van der Waals surface area contributed by atoms with Crippen LogP contribution in [-0.2, 0) is 0 Å². The zero-order chi connectivity index (χ0) is 13.1. The summed E-state index contributed by atoms with van der Waals surface area (Å²) in [5.74, 6) is 5.41. The fourth-order valence-corrected chi connectivity index (χ4v) is 4.32. The highest BCUT2D eigenvalue weighted by Crippen LogP contribution is 2.41. The third-order valence-electron chi connectivity index (χ3n) is 3.01. The van der Waals surface area contributed by atoms with Gasteiger partial charge in [0.25, 0.3) is 0 Å². The first-order valence-electron chi connectivity index (χ1n) is 6.17. The van der Waals surface area contributed by atoms with Crippen molar-refractivity contribution in [2.45, 2.75) is 51.1 Å². The molecular formula is C14H23ClSSi. The topological polar surface area (TPSA) is 0 Å². The van der Waals surface area contributed by atoms with E-state index in [-0.39, 0.29) is 4.75 Å². The summed E-state index contributed by atoms with van der Waals surface area (Å²) < 4.78 is 0.0889. The van der Waals surface area contributed by atoms with Gasteiger partial charge >= 0.3 is 0 Å². The van der Waals surface area contributed by atoms with Crippen LogP contribution in [0.25, 0.3) is 0 Å². The van der Waals surface area contributed by atoms with Crippen LogP contribution < -0.4 is 0 Å². The fourth-order valence-electron chi connectivity index (χ4n) is 1.76. The van der Waals surface area contributed by atoms with Gasteiger partial charge in [-0.2, -0.15) is 0 Å². The normalized spacial score (nSPS) is 25.5. The first-order chi connectivity index (χ1) is 7.78. The third-order valence-corrected chi connectivity index (χ3v) is 5.65. The summed E-state index contributed by atoms with van der Waals surface area (Å²) in [6.45, 7) is 11.4. The van der Waals surface area contributed by atoms with Gasteiger partial charge in [-0.05, 0) is 26.7 Å². The first kappa shape index (κ1) is 15.2. The lowest BCUT2D eigenvalue weighted by molar-refractivity contribution is 0.687. The van der Waals surface area contributed by atoms with Crippen molar-refractivity contribution >= 4 is 31.4 Å². The number of rotatable bonds is 2. The molecule has 0 N–H and O–H groups in total. The second kappa shape index (κ2) is 5.86. The van der Waals surface area contributed by atoms with E-state index < -0.39 is 8.07 Å². The summed E-state index contributed by atoms with van der Waals surface area (Å²) in [5, 5.41) is 0. The zero-order valence-electron chi connectivity index (χ0n) is 11.6. The van der Waals surface area contributed by atoms with Gasteiger partial charge in [-0.15, -0.1) is 28.9 Å². The van der Waals surface area contributed by atoms with Gasteiger partial charge in [0.1, 0.15) is 8.07 Å². The lowest BCUT2D eigenvalue weighted by Crippen LogP contribution is -2.29. The molecule has 0 saturated carbocycles. The van der Waals surface area contributed by atoms with E-state index in [0.29, 0.717) is 5.88 Å². The minimum atomic E-state index is -1.29. The molecule has 0 aromatic carbocycles. The average Bonchev–Trinajstić information content (AvgIpc) is 2.21. The summed E-state index contributed by atoms with van der Waals surface area (Å²) in [4.78, 5) is 0. The van der Waals surface area contributed by atoms with Gasteiger partial charge < -0.3 is 0 Å². The molecule has 1 unspecified atom stereocenters. The van der Waals surface area contributed by atoms with E-state index in [1.807, 2.05) is 11.8 Å². The van der Waals surface area contributed by atoms with Crippen LogP contribution in [0.4, 0.5) is 0 Å². The second-order valence-corrected chi connectivity index (χ2v) is 12.4. The molecule has 1 heterocycles. The van der Waals surface area contributed by atoms with Gasteiger partial charge in [0, 0.05) is 11.6 Å². The number of hydrogen-bond acceptors (Lipinski definition) is 1. The molecule has 3 heteroatoms. The SMILES string of the molecule is CC1=C(C)CC(C#C[Si](C)(C)C)(CCCl)SC1. The summed E-state index contributed by atoms with van der Waals surface area (Å²) in [5.41, 5.74) is 6.58. The van der Waals surface area contributed by atoms with Crippen LogP contribution in [0.2, 0.25) is 19.6 Å². The number of thioether (sulfide) groups is 1. The monoisotopic (exact) mass is 286 g/mol. The largest absolute Gasteiger partial charge is 0.137 e. The van der Waals surface area contributed by atoms with Gasteiger partial charge in [-0.3, -0.25) is 0 Å². The Labute approximate surface area is 117 Å². The molecule has 0 spiro atoms. The second-order valence-electron chi connectivity index (χ2n) is 5.96. The average molecular weight is 287 g/mol. The predicted octanol–water partition coefficient (Wildman–Crippen LogP) is 4.71. The van der Waals surface area contributed by atoms with Crippen LogP contribution in [-0.4, -0.2) is 24.5 Å². The molecule has 0 amide bonds. The van der Waals surface area contributed by atoms with Crippen molar-refractivity contribution in [2.75, 3.05) is 11.6 Å². The van der Waals surface area contributed by atoms with Gasteiger partial charge in [-0.1, -0.05) is 36.7 Å². The molecule has 0 fully saturated rings. The van der Waals surface area contributed by atoms with Gasteiger partial charge in [-0.25, -0.2) is 0 Å². The first-order valence-corrected chi connectivity index (χ1v) is 11.2. The molecule has 96 valence electrons. The lowest BCUT2D eigenvalue weighted by Gasteiger charge is -2.33. The maximum Gasteiger partial charge on any atom is 0.129 e. The van der Waals surface area contributed by atoms with Crippen molar-refractivity contribution in [1.29, 1.82) is 0 Å². The molecule has 0 bridgehead atoms. The number of halogens is 1. The van der Waals surface area contributed by atoms with Crippen LogP contribution in [0.1, 0.15) is 26.7 Å². The van der Waals surface area contributed by atoms with Crippen molar-refractivity contribution in [3.8, 4) is 11.5 Å². The van der Waals surface area contributed by atoms with Gasteiger partial charge in [0.2, 0.25) is 0 Å². The molecular weight excluding hydrogens is 264 g/mol. The van der Waals surface area contributed by atoms with E-state index in [1.54, 1.807) is 0 Å². The number of alkyl halides is 1. The minimum Gasteiger partial charge on any atom is -0.137 e. The Balaban J connectivity index is 2.96. The van der Waals surface area contributed by atoms with Crippen LogP contribution in [0.15, 0.2) is 11.1 Å².